The van der Waals surface area contributed by atoms with Gasteiger partial charge in [0.2, 0.25) is 0 Å². The molecule has 3 rings (SSSR count). The number of rotatable bonds is 9. The number of benzene rings is 1. The van der Waals surface area contributed by atoms with Crippen LogP contribution in [-0.2, 0) is 4.74 Å². The number of para-hydroxylation sites is 1. The number of methoxy groups -OCH3 is 1. The van der Waals surface area contributed by atoms with Crippen molar-refractivity contribution < 1.29 is 22.6 Å². The maximum atomic E-state index is 12.7. The quantitative estimate of drug-likeness (QED) is 0.471. The van der Waals surface area contributed by atoms with Gasteiger partial charge in [-0.1, -0.05) is 24.6 Å². The van der Waals surface area contributed by atoms with Crippen LogP contribution in [0.1, 0.15) is 50.5 Å². The van der Waals surface area contributed by atoms with Crippen LogP contribution in [0.25, 0.3) is 0 Å². The van der Waals surface area contributed by atoms with Gasteiger partial charge in [0.05, 0.1) is 0 Å². The van der Waals surface area contributed by atoms with Crippen LogP contribution in [-0.4, -0.2) is 45.2 Å². The summed E-state index contributed by atoms with van der Waals surface area (Å²) in [5, 5.41) is 6.63. The van der Waals surface area contributed by atoms with Crippen molar-refractivity contribution in [1.29, 1.82) is 0 Å². The van der Waals surface area contributed by atoms with Crippen molar-refractivity contribution in [2.45, 2.75) is 57.3 Å². The number of alkyl halides is 3. The smallest absolute Gasteiger partial charge is 0.405 e. The molecule has 2 fully saturated rings. The van der Waals surface area contributed by atoms with Crippen molar-refractivity contribution in [2.75, 3.05) is 26.8 Å². The zero-order chi connectivity index (χ0) is 20.9. The Balaban J connectivity index is 1.62. The van der Waals surface area contributed by atoms with Crippen molar-refractivity contribution in [3.63, 3.8) is 0 Å². The molecule has 2 N–H and O–H groups in total. The summed E-state index contributed by atoms with van der Waals surface area (Å²) in [7, 11) is 1.72. The van der Waals surface area contributed by atoms with Gasteiger partial charge in [0.15, 0.2) is 5.96 Å². The molecule has 0 aromatic heterocycles. The lowest BCUT2D eigenvalue weighted by Gasteiger charge is -2.40. The lowest BCUT2D eigenvalue weighted by Crippen LogP contribution is -2.41. The van der Waals surface area contributed by atoms with E-state index in [0.29, 0.717) is 5.56 Å². The zero-order valence-corrected chi connectivity index (χ0v) is 17.0. The zero-order valence-electron chi connectivity index (χ0n) is 17.0. The number of ether oxygens (including phenoxy) is 2. The first kappa shape index (κ1) is 21.7. The number of guanidine groups is 1. The monoisotopic (exact) mass is 413 g/mol. The summed E-state index contributed by atoms with van der Waals surface area (Å²) < 4.78 is 47.5. The number of aliphatic imine (C=N–C) groups is 1. The third kappa shape index (κ3) is 6.01. The Kier molecular flexibility index (Phi) is 6.93. The van der Waals surface area contributed by atoms with E-state index >= 15 is 0 Å². The molecule has 0 spiro atoms. The van der Waals surface area contributed by atoms with Crippen LogP contribution in [0, 0.1) is 5.41 Å². The minimum Gasteiger partial charge on any atom is -0.405 e. The molecule has 5 nitrogen and oxygen atoms in total. The molecule has 0 bridgehead atoms. The lowest BCUT2D eigenvalue weighted by atomic mass is 9.67. The maximum absolute atomic E-state index is 12.7. The summed E-state index contributed by atoms with van der Waals surface area (Å²) in [5.74, 6) is 0.575. The van der Waals surface area contributed by atoms with Crippen LogP contribution < -0.4 is 15.4 Å². The first-order chi connectivity index (χ1) is 13.9. The number of nitrogens with one attached hydrogen (secondary N) is 2. The Morgan fingerprint density at radius 2 is 2.03 bits per heavy atom. The lowest BCUT2D eigenvalue weighted by molar-refractivity contribution is -0.274. The summed E-state index contributed by atoms with van der Waals surface area (Å²) in [4.78, 5) is 4.78. The Labute approximate surface area is 170 Å². The Bertz CT molecular complexity index is 705. The second kappa shape index (κ2) is 9.24. The fourth-order valence-electron chi connectivity index (χ4n) is 3.93. The molecular weight excluding hydrogens is 383 g/mol. The van der Waals surface area contributed by atoms with Crippen LogP contribution in [0.15, 0.2) is 29.3 Å². The number of nitrogens with zero attached hydrogens (tertiary/aromatic N) is 1. The highest BCUT2D eigenvalue weighted by molar-refractivity contribution is 5.80. The normalized spacial score (nSPS) is 23.3. The third-order valence-corrected chi connectivity index (χ3v) is 5.82. The summed E-state index contributed by atoms with van der Waals surface area (Å²) >= 11 is 0. The van der Waals surface area contributed by atoms with Crippen LogP contribution in [0.3, 0.4) is 0 Å². The molecule has 0 radical (unpaired) electrons. The second-order valence-electron chi connectivity index (χ2n) is 7.97. The molecule has 0 aliphatic heterocycles. The Hall–Kier alpha value is -1.96. The summed E-state index contributed by atoms with van der Waals surface area (Å²) in [5.41, 5.74) is 0.794. The molecule has 2 aliphatic rings. The van der Waals surface area contributed by atoms with E-state index in [0.717, 1.165) is 51.3 Å². The van der Waals surface area contributed by atoms with Gasteiger partial charge in [0.1, 0.15) is 5.75 Å². The van der Waals surface area contributed by atoms with Gasteiger partial charge in [-0.25, -0.2) is 0 Å². The standard InChI is InChI=1S/C21H30F3N3O2/c1-3-25-19(26-14-20(9-6-10-20)11-12-28-2)27-17-13-16(17)15-7-4-5-8-18(15)29-21(22,23)24/h4-5,7-8,16-17H,3,6,9-14H2,1-2H3,(H2,25,26,27). The second-order valence-corrected chi connectivity index (χ2v) is 7.97. The molecule has 2 atom stereocenters. The van der Waals surface area contributed by atoms with Crippen molar-refractivity contribution in [1.82, 2.24) is 10.6 Å². The van der Waals surface area contributed by atoms with Gasteiger partial charge in [0, 0.05) is 38.8 Å². The van der Waals surface area contributed by atoms with E-state index in [4.69, 9.17) is 9.73 Å². The van der Waals surface area contributed by atoms with E-state index < -0.39 is 6.36 Å². The fourth-order valence-corrected chi connectivity index (χ4v) is 3.93. The molecule has 2 saturated carbocycles. The predicted molar refractivity (Wildman–Crippen MR) is 106 cm³/mol. The number of hydrogen-bond acceptors (Lipinski definition) is 3. The van der Waals surface area contributed by atoms with Gasteiger partial charge in [-0.2, -0.15) is 0 Å². The molecule has 8 heteroatoms. The van der Waals surface area contributed by atoms with E-state index in [1.807, 2.05) is 6.92 Å². The van der Waals surface area contributed by atoms with Crippen molar-refractivity contribution in [3.05, 3.63) is 29.8 Å². The van der Waals surface area contributed by atoms with Crippen molar-refractivity contribution in [3.8, 4) is 5.75 Å². The van der Waals surface area contributed by atoms with E-state index in [2.05, 4.69) is 15.4 Å². The molecule has 2 aliphatic carbocycles. The highest BCUT2D eigenvalue weighted by atomic mass is 19.4. The Morgan fingerprint density at radius 3 is 2.66 bits per heavy atom. The molecule has 2 unspecified atom stereocenters. The summed E-state index contributed by atoms with van der Waals surface area (Å²) in [6.07, 6.45) is 0.604. The van der Waals surface area contributed by atoms with E-state index in [1.165, 1.54) is 12.5 Å². The predicted octanol–water partition coefficient (Wildman–Crippen LogP) is 4.20. The molecular formula is C21H30F3N3O2. The molecule has 0 saturated heterocycles. The van der Waals surface area contributed by atoms with Gasteiger partial charge in [0.25, 0.3) is 0 Å². The summed E-state index contributed by atoms with van der Waals surface area (Å²) in [6.45, 7) is 4.19. The third-order valence-electron chi connectivity index (χ3n) is 5.82. The van der Waals surface area contributed by atoms with Gasteiger partial charge < -0.3 is 20.1 Å². The minimum atomic E-state index is -4.69. The highest BCUT2D eigenvalue weighted by Crippen LogP contribution is 2.46. The van der Waals surface area contributed by atoms with Crippen LogP contribution in [0.2, 0.25) is 0 Å². The largest absolute Gasteiger partial charge is 0.573 e. The minimum absolute atomic E-state index is 0.0245. The Morgan fingerprint density at radius 1 is 1.28 bits per heavy atom. The van der Waals surface area contributed by atoms with Gasteiger partial charge in [-0.05, 0) is 49.7 Å². The number of hydrogen-bond donors (Lipinski definition) is 2. The van der Waals surface area contributed by atoms with Gasteiger partial charge in [-0.15, -0.1) is 13.2 Å². The van der Waals surface area contributed by atoms with Gasteiger partial charge in [-0.3, -0.25) is 4.99 Å². The van der Waals surface area contributed by atoms with E-state index in [9.17, 15) is 13.2 Å². The average molecular weight is 413 g/mol. The molecule has 1 aromatic carbocycles. The molecule has 0 heterocycles. The molecule has 1 aromatic rings. The van der Waals surface area contributed by atoms with Gasteiger partial charge >= 0.3 is 6.36 Å². The van der Waals surface area contributed by atoms with Crippen molar-refractivity contribution >= 4 is 5.96 Å². The first-order valence-electron chi connectivity index (χ1n) is 10.2. The summed E-state index contributed by atoms with van der Waals surface area (Å²) in [6, 6.07) is 6.41. The first-order valence-corrected chi connectivity index (χ1v) is 10.2. The van der Waals surface area contributed by atoms with Crippen LogP contribution in [0.5, 0.6) is 5.75 Å². The fraction of sp³-hybridized carbons (Fsp3) is 0.667. The maximum Gasteiger partial charge on any atom is 0.573 e. The van der Waals surface area contributed by atoms with Crippen molar-refractivity contribution in [2.24, 2.45) is 10.4 Å². The van der Waals surface area contributed by atoms with E-state index in [1.54, 1.807) is 25.3 Å². The van der Waals surface area contributed by atoms with E-state index in [-0.39, 0.29) is 23.1 Å². The molecule has 29 heavy (non-hydrogen) atoms. The number of halogens is 3. The van der Waals surface area contributed by atoms with Crippen LogP contribution >= 0.6 is 0 Å². The molecule has 162 valence electrons. The van der Waals surface area contributed by atoms with Crippen LogP contribution in [0.4, 0.5) is 13.2 Å². The topological polar surface area (TPSA) is 54.9 Å². The highest BCUT2D eigenvalue weighted by Gasteiger charge is 2.43. The molecule has 0 amide bonds. The average Bonchev–Trinajstić information content (AvgIpc) is 3.38. The SMILES string of the molecule is CCNC(=NCC1(CCOC)CCC1)NC1CC1c1ccccc1OC(F)(F)F.